The molecule has 1 atom stereocenters. The zero-order chi connectivity index (χ0) is 14.5. The average molecular weight is 329 g/mol. The van der Waals surface area contributed by atoms with Crippen LogP contribution in [0.3, 0.4) is 0 Å². The van der Waals surface area contributed by atoms with Crippen LogP contribution in [0.25, 0.3) is 5.69 Å². The van der Waals surface area contributed by atoms with Gasteiger partial charge in [0.25, 0.3) is 5.91 Å². The van der Waals surface area contributed by atoms with E-state index in [0.717, 1.165) is 5.69 Å². The molecule has 5 nitrogen and oxygen atoms in total. The van der Waals surface area contributed by atoms with E-state index in [0.29, 0.717) is 23.8 Å². The Balaban J connectivity index is 0.00000220. The number of carbonyl (C=O) groups is 1. The fourth-order valence-corrected chi connectivity index (χ4v) is 1.83. The van der Waals surface area contributed by atoms with Crippen molar-refractivity contribution < 1.29 is 4.79 Å². The van der Waals surface area contributed by atoms with Gasteiger partial charge >= 0.3 is 0 Å². The summed E-state index contributed by atoms with van der Waals surface area (Å²) >= 11 is 5.93. The standard InChI is InChI=1S/C14H17ClN4O.ClH/c1-10(8-16)9-17-14(20)13-5-6-19(18-13)12-4-2-3-11(15)7-12;/h2-7,10H,8-9,16H2,1H3,(H,17,20);1H. The van der Waals surface area contributed by atoms with Crippen LogP contribution in [-0.2, 0) is 0 Å². The second-order valence-electron chi connectivity index (χ2n) is 4.68. The number of nitrogens with zero attached hydrogens (tertiary/aromatic N) is 2. The quantitative estimate of drug-likeness (QED) is 0.884. The zero-order valence-corrected chi connectivity index (χ0v) is 13.2. The molecule has 0 aliphatic heterocycles. The average Bonchev–Trinajstić information content (AvgIpc) is 2.94. The van der Waals surface area contributed by atoms with Gasteiger partial charge in [0.2, 0.25) is 0 Å². The van der Waals surface area contributed by atoms with E-state index in [-0.39, 0.29) is 24.2 Å². The van der Waals surface area contributed by atoms with Gasteiger partial charge in [-0.1, -0.05) is 24.6 Å². The van der Waals surface area contributed by atoms with E-state index < -0.39 is 0 Å². The van der Waals surface area contributed by atoms with E-state index in [9.17, 15) is 4.79 Å². The number of hydrogen-bond donors (Lipinski definition) is 2. The Morgan fingerprint density at radius 3 is 2.90 bits per heavy atom. The van der Waals surface area contributed by atoms with Crippen LogP contribution in [0, 0.1) is 5.92 Å². The number of hydrogen-bond acceptors (Lipinski definition) is 3. The smallest absolute Gasteiger partial charge is 0.271 e. The molecule has 7 heteroatoms. The first-order valence-electron chi connectivity index (χ1n) is 6.40. The van der Waals surface area contributed by atoms with Gasteiger partial charge in [-0.2, -0.15) is 5.10 Å². The van der Waals surface area contributed by atoms with E-state index in [1.54, 1.807) is 29.1 Å². The molecule has 114 valence electrons. The summed E-state index contributed by atoms with van der Waals surface area (Å²) in [5.74, 6) is 0.0417. The second-order valence-corrected chi connectivity index (χ2v) is 5.11. The fourth-order valence-electron chi connectivity index (χ4n) is 1.65. The molecule has 0 radical (unpaired) electrons. The lowest BCUT2D eigenvalue weighted by atomic mass is 10.2. The molecule has 1 heterocycles. The Kier molecular flexibility index (Phi) is 6.68. The minimum absolute atomic E-state index is 0. The van der Waals surface area contributed by atoms with Crippen LogP contribution in [0.4, 0.5) is 0 Å². The topological polar surface area (TPSA) is 72.9 Å². The Bertz CT molecular complexity index is 600. The normalized spacial score (nSPS) is 11.6. The maximum Gasteiger partial charge on any atom is 0.271 e. The highest BCUT2D eigenvalue weighted by Crippen LogP contribution is 2.14. The monoisotopic (exact) mass is 328 g/mol. The molecular weight excluding hydrogens is 311 g/mol. The number of rotatable bonds is 5. The molecule has 3 N–H and O–H groups in total. The first-order chi connectivity index (χ1) is 9.60. The summed E-state index contributed by atoms with van der Waals surface area (Å²) in [6.45, 7) is 3.06. The van der Waals surface area contributed by atoms with E-state index in [1.165, 1.54) is 0 Å². The number of nitrogens with one attached hydrogen (secondary N) is 1. The van der Waals surface area contributed by atoms with Crippen molar-refractivity contribution in [2.75, 3.05) is 13.1 Å². The number of halogens is 2. The fraction of sp³-hybridized carbons (Fsp3) is 0.286. The third kappa shape index (κ3) is 4.74. The van der Waals surface area contributed by atoms with Gasteiger partial charge in [-0.15, -0.1) is 12.4 Å². The molecule has 1 aromatic heterocycles. The van der Waals surface area contributed by atoms with Crippen LogP contribution in [-0.4, -0.2) is 28.8 Å². The molecule has 0 saturated carbocycles. The second kappa shape index (κ2) is 8.02. The molecule has 2 rings (SSSR count). The molecule has 1 unspecified atom stereocenters. The molecule has 0 bridgehead atoms. The van der Waals surface area contributed by atoms with E-state index in [2.05, 4.69) is 10.4 Å². The molecule has 0 saturated heterocycles. The molecule has 0 aliphatic carbocycles. The van der Waals surface area contributed by atoms with Crippen LogP contribution in [0.1, 0.15) is 17.4 Å². The molecule has 1 aromatic carbocycles. The van der Waals surface area contributed by atoms with Crippen molar-refractivity contribution in [3.63, 3.8) is 0 Å². The molecule has 2 aromatic rings. The van der Waals surface area contributed by atoms with E-state index in [4.69, 9.17) is 17.3 Å². The van der Waals surface area contributed by atoms with Gasteiger partial charge in [0, 0.05) is 17.8 Å². The van der Waals surface area contributed by atoms with Crippen molar-refractivity contribution >= 4 is 29.9 Å². The lowest BCUT2D eigenvalue weighted by molar-refractivity contribution is 0.0943. The first kappa shape index (κ1) is 17.5. The van der Waals surface area contributed by atoms with Crippen LogP contribution in [0.5, 0.6) is 0 Å². The summed E-state index contributed by atoms with van der Waals surface area (Å²) < 4.78 is 1.62. The van der Waals surface area contributed by atoms with Gasteiger partial charge in [-0.05, 0) is 36.7 Å². The zero-order valence-electron chi connectivity index (χ0n) is 11.6. The minimum Gasteiger partial charge on any atom is -0.350 e. The Morgan fingerprint density at radius 2 is 2.24 bits per heavy atom. The Morgan fingerprint density at radius 1 is 1.48 bits per heavy atom. The molecule has 0 spiro atoms. The maximum atomic E-state index is 11.9. The van der Waals surface area contributed by atoms with Crippen molar-refractivity contribution in [3.05, 3.63) is 47.2 Å². The number of nitrogens with two attached hydrogens (primary N) is 1. The summed E-state index contributed by atoms with van der Waals surface area (Å²) in [4.78, 5) is 11.9. The van der Waals surface area contributed by atoms with Gasteiger partial charge in [0.1, 0.15) is 0 Å². The minimum atomic E-state index is -0.203. The van der Waals surface area contributed by atoms with Crippen molar-refractivity contribution in [2.24, 2.45) is 11.7 Å². The first-order valence-corrected chi connectivity index (χ1v) is 6.78. The van der Waals surface area contributed by atoms with Crippen LogP contribution < -0.4 is 11.1 Å². The highest BCUT2D eigenvalue weighted by Gasteiger charge is 2.11. The summed E-state index contributed by atoms with van der Waals surface area (Å²) in [5.41, 5.74) is 6.69. The van der Waals surface area contributed by atoms with Gasteiger partial charge in [-0.25, -0.2) is 4.68 Å². The third-order valence-corrected chi connectivity index (χ3v) is 3.14. The number of amides is 1. The molecular formula is C14H18Cl2N4O. The van der Waals surface area contributed by atoms with Gasteiger partial charge in [0.05, 0.1) is 5.69 Å². The Labute approximate surface area is 134 Å². The van der Waals surface area contributed by atoms with Crippen molar-refractivity contribution in [1.82, 2.24) is 15.1 Å². The maximum absolute atomic E-state index is 11.9. The summed E-state index contributed by atoms with van der Waals surface area (Å²) in [6.07, 6.45) is 1.73. The summed E-state index contributed by atoms with van der Waals surface area (Å²) in [6, 6.07) is 8.95. The van der Waals surface area contributed by atoms with Gasteiger partial charge in [-0.3, -0.25) is 4.79 Å². The number of benzene rings is 1. The molecule has 0 fully saturated rings. The molecule has 1 amide bonds. The predicted molar refractivity (Wildman–Crippen MR) is 86.4 cm³/mol. The lowest BCUT2D eigenvalue weighted by Crippen LogP contribution is -2.31. The van der Waals surface area contributed by atoms with E-state index in [1.807, 2.05) is 19.1 Å². The van der Waals surface area contributed by atoms with E-state index >= 15 is 0 Å². The van der Waals surface area contributed by atoms with Crippen molar-refractivity contribution in [1.29, 1.82) is 0 Å². The molecule has 21 heavy (non-hydrogen) atoms. The van der Waals surface area contributed by atoms with Crippen molar-refractivity contribution in [2.45, 2.75) is 6.92 Å². The highest BCUT2D eigenvalue weighted by molar-refractivity contribution is 6.30. The van der Waals surface area contributed by atoms with Crippen molar-refractivity contribution in [3.8, 4) is 5.69 Å². The summed E-state index contributed by atoms with van der Waals surface area (Å²) in [7, 11) is 0. The lowest BCUT2D eigenvalue weighted by Gasteiger charge is -2.08. The number of carbonyl (C=O) groups excluding carboxylic acids is 1. The SMILES string of the molecule is CC(CN)CNC(=O)c1ccn(-c2cccc(Cl)c2)n1.Cl. The predicted octanol–water partition coefficient (Wildman–Crippen LogP) is 2.27. The van der Waals surface area contributed by atoms with Gasteiger partial charge in [0.15, 0.2) is 5.69 Å². The Hall–Kier alpha value is -1.56. The van der Waals surface area contributed by atoms with Crippen LogP contribution in [0.2, 0.25) is 5.02 Å². The molecule has 0 aliphatic rings. The van der Waals surface area contributed by atoms with Crippen LogP contribution >= 0.6 is 24.0 Å². The third-order valence-electron chi connectivity index (χ3n) is 2.91. The number of aromatic nitrogens is 2. The largest absolute Gasteiger partial charge is 0.350 e. The van der Waals surface area contributed by atoms with Gasteiger partial charge < -0.3 is 11.1 Å². The van der Waals surface area contributed by atoms with Crippen LogP contribution in [0.15, 0.2) is 36.5 Å². The summed E-state index contributed by atoms with van der Waals surface area (Å²) in [5, 5.41) is 7.67. The highest BCUT2D eigenvalue weighted by atomic mass is 35.5.